The van der Waals surface area contributed by atoms with E-state index in [4.69, 9.17) is 0 Å². The molecule has 0 aliphatic rings. The number of hydrogen-bond acceptors (Lipinski definition) is 5. The predicted octanol–water partition coefficient (Wildman–Crippen LogP) is 2.71. The molecule has 2 amide bonds. The van der Waals surface area contributed by atoms with Gasteiger partial charge in [-0.2, -0.15) is 0 Å². The van der Waals surface area contributed by atoms with Gasteiger partial charge in [0, 0.05) is 30.9 Å². The first-order valence-electron chi connectivity index (χ1n) is 7.83. The molecule has 7 heteroatoms. The molecular formula is C17H21N5O2. The van der Waals surface area contributed by atoms with Gasteiger partial charge in [-0.15, -0.1) is 0 Å². The lowest BCUT2D eigenvalue weighted by Crippen LogP contribution is -2.25. The minimum Gasteiger partial charge on any atom is -0.351 e. The first kappa shape index (κ1) is 17.4. The molecule has 1 aromatic carbocycles. The number of hydrogen-bond donors (Lipinski definition) is 3. The van der Waals surface area contributed by atoms with Gasteiger partial charge in [-0.25, -0.2) is 9.97 Å². The summed E-state index contributed by atoms with van der Waals surface area (Å²) < 4.78 is 0. The molecule has 0 radical (unpaired) electrons. The molecule has 1 aromatic heterocycles. The van der Waals surface area contributed by atoms with Crippen LogP contribution in [-0.2, 0) is 4.79 Å². The van der Waals surface area contributed by atoms with Gasteiger partial charge in [0.05, 0.1) is 0 Å². The molecule has 1 heterocycles. The largest absolute Gasteiger partial charge is 0.351 e. The van der Waals surface area contributed by atoms with Crippen LogP contribution in [0, 0.1) is 0 Å². The summed E-state index contributed by atoms with van der Waals surface area (Å²) in [6, 6.07) is 8.79. The highest BCUT2D eigenvalue weighted by Gasteiger charge is 2.08. The quantitative estimate of drug-likeness (QED) is 0.680. The molecule has 0 aliphatic heterocycles. The minimum absolute atomic E-state index is 0.120. The Morgan fingerprint density at radius 3 is 2.46 bits per heavy atom. The van der Waals surface area contributed by atoms with Crippen molar-refractivity contribution in [3.8, 4) is 0 Å². The zero-order valence-corrected chi connectivity index (χ0v) is 13.8. The Bertz CT molecular complexity index is 700. The number of aromatic nitrogens is 2. The summed E-state index contributed by atoms with van der Waals surface area (Å²) in [5.41, 5.74) is 1.82. The van der Waals surface area contributed by atoms with Gasteiger partial charge >= 0.3 is 0 Å². The van der Waals surface area contributed by atoms with Gasteiger partial charge in [0.1, 0.15) is 17.8 Å². The summed E-state index contributed by atoms with van der Waals surface area (Å²) in [5, 5.41) is 8.62. The third kappa shape index (κ3) is 5.35. The molecule has 0 bridgehead atoms. The van der Waals surface area contributed by atoms with E-state index in [0.717, 1.165) is 18.5 Å². The maximum absolute atomic E-state index is 12.0. The second-order valence-electron chi connectivity index (χ2n) is 5.28. The monoisotopic (exact) mass is 327 g/mol. The number of carbonyl (C=O) groups excluding carboxylic acids is 2. The maximum Gasteiger partial charge on any atom is 0.270 e. The van der Waals surface area contributed by atoms with Crippen molar-refractivity contribution in [2.24, 2.45) is 0 Å². The number of nitrogens with one attached hydrogen (secondary N) is 3. The van der Waals surface area contributed by atoms with Crippen LogP contribution in [0.5, 0.6) is 0 Å². The van der Waals surface area contributed by atoms with Crippen molar-refractivity contribution in [2.45, 2.75) is 26.7 Å². The molecule has 2 aromatic rings. The molecule has 0 aliphatic carbocycles. The van der Waals surface area contributed by atoms with Crippen LogP contribution in [0.25, 0.3) is 0 Å². The van der Waals surface area contributed by atoms with E-state index >= 15 is 0 Å². The third-order valence-electron chi connectivity index (χ3n) is 3.19. The lowest BCUT2D eigenvalue weighted by molar-refractivity contribution is -0.114. The Labute approximate surface area is 140 Å². The van der Waals surface area contributed by atoms with Crippen molar-refractivity contribution in [1.29, 1.82) is 0 Å². The first-order valence-corrected chi connectivity index (χ1v) is 7.83. The van der Waals surface area contributed by atoms with Gasteiger partial charge in [-0.1, -0.05) is 13.3 Å². The number of anilines is 3. The van der Waals surface area contributed by atoms with E-state index < -0.39 is 0 Å². The van der Waals surface area contributed by atoms with E-state index in [1.807, 2.05) is 12.1 Å². The van der Waals surface area contributed by atoms with Crippen molar-refractivity contribution in [3.05, 3.63) is 42.4 Å². The van der Waals surface area contributed by atoms with Gasteiger partial charge in [-0.05, 0) is 30.7 Å². The molecule has 0 unspecified atom stereocenters. The molecule has 7 nitrogen and oxygen atoms in total. The predicted molar refractivity (Wildman–Crippen MR) is 93.3 cm³/mol. The van der Waals surface area contributed by atoms with Crippen LogP contribution in [0.2, 0.25) is 0 Å². The van der Waals surface area contributed by atoms with Gasteiger partial charge in [0.25, 0.3) is 5.91 Å². The highest BCUT2D eigenvalue weighted by molar-refractivity contribution is 5.93. The Morgan fingerprint density at radius 1 is 1.08 bits per heavy atom. The Kier molecular flexibility index (Phi) is 6.24. The standard InChI is InChI=1S/C17H21N5O2/c1-3-4-9-18-17(24)15-10-16(20-11-19-15)22-14-7-5-13(6-8-14)21-12(2)23/h5-8,10-11H,3-4,9H2,1-2H3,(H,18,24)(H,21,23)(H,19,20,22). The summed E-state index contributed by atoms with van der Waals surface area (Å²) in [6.45, 7) is 4.16. The van der Waals surface area contributed by atoms with E-state index in [9.17, 15) is 9.59 Å². The summed E-state index contributed by atoms with van der Waals surface area (Å²) >= 11 is 0. The van der Waals surface area contributed by atoms with E-state index in [-0.39, 0.29) is 11.8 Å². The molecule has 0 atom stereocenters. The molecule has 2 rings (SSSR count). The Hall–Kier alpha value is -2.96. The lowest BCUT2D eigenvalue weighted by Gasteiger charge is -2.08. The third-order valence-corrected chi connectivity index (χ3v) is 3.19. The Balaban J connectivity index is 2.01. The van der Waals surface area contributed by atoms with Crippen LogP contribution in [0.15, 0.2) is 36.7 Å². The molecule has 0 spiro atoms. The second-order valence-corrected chi connectivity index (χ2v) is 5.28. The molecule has 0 fully saturated rings. The zero-order valence-electron chi connectivity index (χ0n) is 13.8. The fourth-order valence-electron chi connectivity index (χ4n) is 2.01. The molecule has 0 saturated carbocycles. The van der Waals surface area contributed by atoms with Crippen LogP contribution in [-0.4, -0.2) is 28.3 Å². The van der Waals surface area contributed by atoms with Crippen LogP contribution in [0.3, 0.4) is 0 Å². The summed E-state index contributed by atoms with van der Waals surface area (Å²) in [4.78, 5) is 31.1. The highest BCUT2D eigenvalue weighted by atomic mass is 16.2. The number of unbranched alkanes of at least 4 members (excludes halogenated alkanes) is 1. The van der Waals surface area contributed by atoms with Crippen LogP contribution < -0.4 is 16.0 Å². The average molecular weight is 327 g/mol. The number of benzene rings is 1. The van der Waals surface area contributed by atoms with Gasteiger partial charge < -0.3 is 16.0 Å². The van der Waals surface area contributed by atoms with Crippen LogP contribution >= 0.6 is 0 Å². The Morgan fingerprint density at radius 2 is 1.79 bits per heavy atom. The number of carbonyl (C=O) groups is 2. The fraction of sp³-hybridized carbons (Fsp3) is 0.294. The molecule has 3 N–H and O–H groups in total. The van der Waals surface area contributed by atoms with Crippen molar-refractivity contribution >= 4 is 29.0 Å². The van der Waals surface area contributed by atoms with Gasteiger partial charge in [-0.3, -0.25) is 9.59 Å². The summed E-state index contributed by atoms with van der Waals surface area (Å²) in [5.74, 6) is 0.193. The van der Waals surface area contributed by atoms with E-state index in [0.29, 0.717) is 23.7 Å². The normalized spacial score (nSPS) is 10.1. The van der Waals surface area contributed by atoms with Gasteiger partial charge in [0.15, 0.2) is 0 Å². The summed E-state index contributed by atoms with van der Waals surface area (Å²) in [6.07, 6.45) is 3.30. The average Bonchev–Trinajstić information content (AvgIpc) is 2.56. The topological polar surface area (TPSA) is 96.0 Å². The van der Waals surface area contributed by atoms with Crippen molar-refractivity contribution in [1.82, 2.24) is 15.3 Å². The smallest absolute Gasteiger partial charge is 0.270 e. The highest BCUT2D eigenvalue weighted by Crippen LogP contribution is 2.17. The van der Waals surface area contributed by atoms with Crippen molar-refractivity contribution in [3.63, 3.8) is 0 Å². The lowest BCUT2D eigenvalue weighted by atomic mass is 10.2. The molecule has 0 saturated heterocycles. The molecule has 126 valence electrons. The summed E-state index contributed by atoms with van der Waals surface area (Å²) in [7, 11) is 0. The van der Waals surface area contributed by atoms with E-state index in [1.54, 1.807) is 18.2 Å². The van der Waals surface area contributed by atoms with Gasteiger partial charge in [0.2, 0.25) is 5.91 Å². The first-order chi connectivity index (χ1) is 11.6. The fourth-order valence-corrected chi connectivity index (χ4v) is 2.01. The maximum atomic E-state index is 12.0. The zero-order chi connectivity index (χ0) is 17.4. The molecular weight excluding hydrogens is 306 g/mol. The SMILES string of the molecule is CCCCNC(=O)c1cc(Nc2ccc(NC(C)=O)cc2)ncn1. The van der Waals surface area contributed by atoms with Crippen LogP contribution in [0.1, 0.15) is 37.2 Å². The van der Waals surface area contributed by atoms with E-state index in [1.165, 1.54) is 13.3 Å². The number of rotatable bonds is 7. The van der Waals surface area contributed by atoms with Crippen LogP contribution in [0.4, 0.5) is 17.2 Å². The molecule has 24 heavy (non-hydrogen) atoms. The van der Waals surface area contributed by atoms with Crippen molar-refractivity contribution in [2.75, 3.05) is 17.2 Å². The number of amides is 2. The van der Waals surface area contributed by atoms with Crippen molar-refractivity contribution < 1.29 is 9.59 Å². The number of nitrogens with zero attached hydrogens (tertiary/aromatic N) is 2. The minimum atomic E-state index is -0.213. The van der Waals surface area contributed by atoms with E-state index in [2.05, 4.69) is 32.8 Å². The second kappa shape index (κ2) is 8.61.